The minimum absolute atomic E-state index is 0.0739. The molecular formula is C22H22ClFN2O4. The molecule has 3 rings (SSSR count). The van der Waals surface area contributed by atoms with Crippen molar-refractivity contribution in [1.29, 1.82) is 0 Å². The first kappa shape index (κ1) is 21.8. The number of carbonyl (C=O) groups is 2. The lowest BCUT2D eigenvalue weighted by atomic mass is 9.95. The highest BCUT2D eigenvalue weighted by Crippen LogP contribution is 2.41. The van der Waals surface area contributed by atoms with Crippen LogP contribution in [0.15, 0.2) is 48.0 Å². The average molecular weight is 433 g/mol. The quantitative estimate of drug-likeness (QED) is 0.414. The molecule has 0 spiro atoms. The molecule has 1 saturated heterocycles. The van der Waals surface area contributed by atoms with Crippen LogP contribution in [0.4, 0.5) is 4.39 Å². The van der Waals surface area contributed by atoms with Gasteiger partial charge < -0.3 is 20.0 Å². The SMILES string of the molecule is CN(C)CCCN1C(=O)C(=O)/C(=C(/O)c2cc(Cl)ccc2O)C1c1cccc(F)c1. The maximum absolute atomic E-state index is 13.9. The van der Waals surface area contributed by atoms with Crippen molar-refractivity contribution in [3.63, 3.8) is 0 Å². The summed E-state index contributed by atoms with van der Waals surface area (Å²) in [7, 11) is 3.78. The number of amides is 1. The van der Waals surface area contributed by atoms with E-state index in [1.54, 1.807) is 6.07 Å². The van der Waals surface area contributed by atoms with Gasteiger partial charge >= 0.3 is 0 Å². The molecule has 0 saturated carbocycles. The number of aromatic hydroxyl groups is 1. The average Bonchev–Trinajstić information content (AvgIpc) is 2.94. The van der Waals surface area contributed by atoms with Crippen molar-refractivity contribution in [3.05, 3.63) is 70.0 Å². The van der Waals surface area contributed by atoms with Crippen LogP contribution in [0, 0.1) is 5.82 Å². The van der Waals surface area contributed by atoms with Gasteiger partial charge in [0.25, 0.3) is 11.7 Å². The second kappa shape index (κ2) is 8.85. The summed E-state index contributed by atoms with van der Waals surface area (Å²) in [5.74, 6) is -3.07. The molecule has 0 aliphatic carbocycles. The van der Waals surface area contributed by atoms with Gasteiger partial charge in [0.2, 0.25) is 0 Å². The number of halogens is 2. The molecule has 1 atom stereocenters. The Morgan fingerprint density at radius 1 is 1.20 bits per heavy atom. The highest BCUT2D eigenvalue weighted by atomic mass is 35.5. The standard InChI is InChI=1S/C22H22ClFN2O4/c1-25(2)9-4-10-26-19(13-5-3-6-15(24)11-13)18(21(29)22(26)30)20(28)16-12-14(23)7-8-17(16)27/h3,5-8,11-12,19,27-28H,4,9-10H2,1-2H3/b20-18+. The number of nitrogens with zero attached hydrogens (tertiary/aromatic N) is 2. The third kappa shape index (κ3) is 4.32. The molecule has 1 unspecified atom stereocenters. The summed E-state index contributed by atoms with van der Waals surface area (Å²) < 4.78 is 13.9. The monoisotopic (exact) mass is 432 g/mol. The fourth-order valence-electron chi connectivity index (χ4n) is 3.53. The number of hydrogen-bond donors (Lipinski definition) is 2. The highest BCUT2D eigenvalue weighted by molar-refractivity contribution is 6.46. The summed E-state index contributed by atoms with van der Waals surface area (Å²) in [4.78, 5) is 28.9. The van der Waals surface area contributed by atoms with E-state index in [4.69, 9.17) is 11.6 Å². The van der Waals surface area contributed by atoms with E-state index in [9.17, 15) is 24.2 Å². The van der Waals surface area contributed by atoms with Crippen LogP contribution in [0.5, 0.6) is 5.75 Å². The van der Waals surface area contributed by atoms with E-state index in [0.29, 0.717) is 18.5 Å². The van der Waals surface area contributed by atoms with Crippen LogP contribution in [0.25, 0.3) is 5.76 Å². The summed E-state index contributed by atoms with van der Waals surface area (Å²) >= 11 is 5.97. The van der Waals surface area contributed by atoms with E-state index in [2.05, 4.69) is 0 Å². The molecule has 2 aromatic carbocycles. The number of aliphatic hydroxyl groups is 1. The number of phenols is 1. The molecular weight excluding hydrogens is 411 g/mol. The van der Waals surface area contributed by atoms with Gasteiger partial charge in [-0.3, -0.25) is 9.59 Å². The van der Waals surface area contributed by atoms with Gasteiger partial charge in [-0.15, -0.1) is 0 Å². The second-order valence-corrected chi connectivity index (χ2v) is 7.80. The molecule has 1 aliphatic rings. The first-order valence-corrected chi connectivity index (χ1v) is 9.76. The summed E-state index contributed by atoms with van der Waals surface area (Å²) in [6.45, 7) is 0.913. The molecule has 30 heavy (non-hydrogen) atoms. The normalized spacial score (nSPS) is 18.4. The van der Waals surface area contributed by atoms with Crippen LogP contribution in [0.3, 0.4) is 0 Å². The molecule has 0 bridgehead atoms. The van der Waals surface area contributed by atoms with Gasteiger partial charge in [0.15, 0.2) is 0 Å². The zero-order valence-corrected chi connectivity index (χ0v) is 17.4. The second-order valence-electron chi connectivity index (χ2n) is 7.37. The summed E-state index contributed by atoms with van der Waals surface area (Å²) in [5, 5.41) is 21.3. The molecule has 2 N–H and O–H groups in total. The van der Waals surface area contributed by atoms with Crippen LogP contribution >= 0.6 is 11.6 Å². The molecule has 0 aromatic heterocycles. The van der Waals surface area contributed by atoms with Crippen LogP contribution in [0.1, 0.15) is 23.6 Å². The zero-order chi connectivity index (χ0) is 22.0. The largest absolute Gasteiger partial charge is 0.507 e. The molecule has 8 heteroatoms. The third-order valence-electron chi connectivity index (χ3n) is 4.92. The maximum atomic E-state index is 13.9. The fourth-order valence-corrected chi connectivity index (χ4v) is 3.71. The number of carbonyl (C=O) groups excluding carboxylic acids is 2. The predicted molar refractivity (Wildman–Crippen MR) is 112 cm³/mol. The third-order valence-corrected chi connectivity index (χ3v) is 5.16. The molecule has 1 aliphatic heterocycles. The topological polar surface area (TPSA) is 81.1 Å². The Bertz CT molecular complexity index is 1020. The van der Waals surface area contributed by atoms with Crippen molar-refractivity contribution < 1.29 is 24.2 Å². The number of likely N-dealkylation sites (tertiary alicyclic amines) is 1. The Labute approximate surface area is 178 Å². The summed E-state index contributed by atoms with van der Waals surface area (Å²) in [6.07, 6.45) is 0.578. The number of Topliss-reactive ketones (excluding diaryl/α,β-unsaturated/α-hetero) is 1. The van der Waals surface area contributed by atoms with Crippen LogP contribution in [0.2, 0.25) is 5.02 Å². The minimum Gasteiger partial charge on any atom is -0.507 e. The van der Waals surface area contributed by atoms with Crippen molar-refractivity contribution in [2.75, 3.05) is 27.2 Å². The first-order chi connectivity index (χ1) is 14.2. The molecule has 2 aromatic rings. The number of hydrogen-bond acceptors (Lipinski definition) is 5. The van der Waals surface area contributed by atoms with Crippen LogP contribution < -0.4 is 0 Å². The number of aliphatic hydroxyl groups excluding tert-OH is 1. The number of phenolic OH excluding ortho intramolecular Hbond substituents is 1. The van der Waals surface area contributed by atoms with Crippen LogP contribution in [-0.4, -0.2) is 58.9 Å². The summed E-state index contributed by atoms with van der Waals surface area (Å²) in [6, 6.07) is 8.56. The van der Waals surface area contributed by atoms with Crippen LogP contribution in [-0.2, 0) is 9.59 Å². The van der Waals surface area contributed by atoms with Crippen molar-refractivity contribution in [2.45, 2.75) is 12.5 Å². The van der Waals surface area contributed by atoms with E-state index in [0.717, 1.165) is 0 Å². The Hall–Kier alpha value is -2.90. The van der Waals surface area contributed by atoms with Gasteiger partial charge in [-0.1, -0.05) is 23.7 Å². The van der Waals surface area contributed by atoms with Gasteiger partial charge in [-0.25, -0.2) is 4.39 Å². The molecule has 6 nitrogen and oxygen atoms in total. The molecule has 1 heterocycles. The minimum atomic E-state index is -0.985. The van der Waals surface area contributed by atoms with Gasteiger partial charge in [0.05, 0.1) is 17.2 Å². The lowest BCUT2D eigenvalue weighted by Crippen LogP contribution is -2.32. The van der Waals surface area contributed by atoms with E-state index < -0.39 is 29.3 Å². The van der Waals surface area contributed by atoms with Crippen molar-refractivity contribution in [2.24, 2.45) is 0 Å². The number of ketones is 1. The molecule has 158 valence electrons. The lowest BCUT2D eigenvalue weighted by molar-refractivity contribution is -0.139. The smallest absolute Gasteiger partial charge is 0.295 e. The van der Waals surface area contributed by atoms with E-state index in [1.807, 2.05) is 19.0 Å². The number of benzene rings is 2. The summed E-state index contributed by atoms with van der Waals surface area (Å²) in [5.41, 5.74) is 0.0605. The number of rotatable bonds is 6. The molecule has 1 fully saturated rings. The lowest BCUT2D eigenvalue weighted by Gasteiger charge is -2.26. The van der Waals surface area contributed by atoms with Gasteiger partial charge in [-0.2, -0.15) is 0 Å². The van der Waals surface area contributed by atoms with Gasteiger partial charge in [0.1, 0.15) is 17.3 Å². The van der Waals surface area contributed by atoms with E-state index in [1.165, 1.54) is 41.3 Å². The van der Waals surface area contributed by atoms with Crippen molar-refractivity contribution in [1.82, 2.24) is 9.80 Å². The Balaban J connectivity index is 2.15. The molecule has 0 radical (unpaired) electrons. The predicted octanol–water partition coefficient (Wildman–Crippen LogP) is 3.56. The van der Waals surface area contributed by atoms with Gasteiger partial charge in [0, 0.05) is 11.6 Å². The van der Waals surface area contributed by atoms with Gasteiger partial charge in [-0.05, 0) is 63.0 Å². The fraction of sp³-hybridized carbons (Fsp3) is 0.273. The van der Waals surface area contributed by atoms with E-state index >= 15 is 0 Å². The maximum Gasteiger partial charge on any atom is 0.295 e. The van der Waals surface area contributed by atoms with Crippen molar-refractivity contribution >= 4 is 29.1 Å². The highest BCUT2D eigenvalue weighted by Gasteiger charge is 2.46. The Morgan fingerprint density at radius 2 is 1.93 bits per heavy atom. The zero-order valence-electron chi connectivity index (χ0n) is 16.6. The Morgan fingerprint density at radius 3 is 2.60 bits per heavy atom. The Kier molecular flexibility index (Phi) is 6.43. The first-order valence-electron chi connectivity index (χ1n) is 9.38. The van der Waals surface area contributed by atoms with E-state index in [-0.39, 0.29) is 28.5 Å². The molecule has 1 amide bonds. The van der Waals surface area contributed by atoms with Crippen molar-refractivity contribution in [3.8, 4) is 5.75 Å².